The number of aliphatic hydroxyl groups excluding tert-OH is 1. The van der Waals surface area contributed by atoms with Crippen LogP contribution in [-0.4, -0.2) is 69.7 Å². The van der Waals surface area contributed by atoms with Crippen molar-refractivity contribution in [2.24, 2.45) is 0 Å². The number of ether oxygens (including phenoxy) is 3. The molecule has 0 aliphatic carbocycles. The molecule has 0 aliphatic rings. The van der Waals surface area contributed by atoms with E-state index in [1.165, 1.54) is 84.1 Å². The third-order valence-corrected chi connectivity index (χ3v) is 6.97. The zero-order chi connectivity index (χ0) is 29.7. The van der Waals surface area contributed by atoms with Gasteiger partial charge in [0.15, 0.2) is 23.6 Å². The fourth-order valence-corrected chi connectivity index (χ4v) is 4.52. The van der Waals surface area contributed by atoms with Gasteiger partial charge in [-0.1, -0.05) is 90.4 Å². The summed E-state index contributed by atoms with van der Waals surface area (Å²) in [5.41, 5.74) is 0.315. The molecule has 1 atom stereocenters. The van der Waals surface area contributed by atoms with Gasteiger partial charge in [-0.3, -0.25) is 5.32 Å². The Labute approximate surface area is 242 Å². The first kappa shape index (κ1) is 34.3. The van der Waals surface area contributed by atoms with Gasteiger partial charge in [0.2, 0.25) is 0 Å². The molecule has 11 nitrogen and oxygen atoms in total. The number of imidazole rings is 1. The number of carbonyl (C=O) groups is 2. The Morgan fingerprint density at radius 1 is 0.951 bits per heavy atom. The average Bonchev–Trinajstić information content (AvgIpc) is 3.37. The van der Waals surface area contributed by atoms with E-state index in [1.807, 2.05) is 0 Å². The molecule has 0 radical (unpaired) electrons. The Balaban J connectivity index is 1.56. The van der Waals surface area contributed by atoms with Crippen LogP contribution in [-0.2, 0) is 25.5 Å². The third-order valence-electron chi connectivity index (χ3n) is 6.97. The molecule has 2 rings (SSSR count). The van der Waals surface area contributed by atoms with E-state index in [9.17, 15) is 19.1 Å². The molecule has 232 valence electrons. The number of aliphatic hydroxyl groups is 1. The summed E-state index contributed by atoms with van der Waals surface area (Å²) in [5.74, 6) is -0.841. The van der Waals surface area contributed by atoms with Crippen LogP contribution in [0.2, 0.25) is 0 Å². The van der Waals surface area contributed by atoms with Crippen molar-refractivity contribution in [2.75, 3.05) is 32.2 Å². The van der Waals surface area contributed by atoms with E-state index < -0.39 is 24.7 Å². The Kier molecular flexibility index (Phi) is 17.5. The van der Waals surface area contributed by atoms with E-state index in [4.69, 9.17) is 14.2 Å². The third kappa shape index (κ3) is 14.0. The summed E-state index contributed by atoms with van der Waals surface area (Å²) < 4.78 is 30.8. The Hall–Kier alpha value is -2.86. The maximum absolute atomic E-state index is 14.0. The van der Waals surface area contributed by atoms with Crippen LogP contribution < -0.4 is 5.32 Å². The monoisotopic (exact) mass is 581 g/mol. The molecule has 0 spiro atoms. The maximum atomic E-state index is 14.0. The van der Waals surface area contributed by atoms with E-state index in [0.29, 0.717) is 13.0 Å². The van der Waals surface area contributed by atoms with Gasteiger partial charge in [-0.25, -0.2) is 14.6 Å². The number of carbonyl (C=O) groups excluding carboxylic acids is 2. The smallest absolute Gasteiger partial charge is 0.413 e. The largest absolute Gasteiger partial charge is 0.463 e. The normalized spacial score (nSPS) is 12.0. The topological polar surface area (TPSA) is 138 Å². The van der Waals surface area contributed by atoms with Crippen LogP contribution in [0.15, 0.2) is 6.33 Å². The molecule has 2 N–H and O–H groups in total. The van der Waals surface area contributed by atoms with Crippen molar-refractivity contribution in [1.82, 2.24) is 19.5 Å². The summed E-state index contributed by atoms with van der Waals surface area (Å²) in [4.78, 5) is 35.6. The number of methoxy groups -OCH3 is 1. The molecule has 2 aromatic rings. The number of rotatable bonds is 23. The van der Waals surface area contributed by atoms with E-state index >= 15 is 0 Å². The van der Waals surface area contributed by atoms with Crippen LogP contribution in [0.25, 0.3) is 11.2 Å². The zero-order valence-electron chi connectivity index (χ0n) is 24.7. The Morgan fingerprint density at radius 3 is 2.15 bits per heavy atom. The number of halogens is 1. The van der Waals surface area contributed by atoms with Gasteiger partial charge in [-0.2, -0.15) is 14.4 Å². The molecule has 0 bridgehead atoms. The molecule has 0 saturated heterocycles. The van der Waals surface area contributed by atoms with Crippen LogP contribution in [0.1, 0.15) is 103 Å². The minimum atomic E-state index is -1.06. The van der Waals surface area contributed by atoms with Gasteiger partial charge >= 0.3 is 18.1 Å². The Bertz CT molecular complexity index is 1020. The molecular weight excluding hydrogens is 533 g/mol. The van der Waals surface area contributed by atoms with Gasteiger partial charge in [0, 0.05) is 13.7 Å². The number of anilines is 1. The van der Waals surface area contributed by atoms with E-state index in [0.717, 1.165) is 19.3 Å². The van der Waals surface area contributed by atoms with Crippen molar-refractivity contribution in [1.29, 1.82) is 0 Å². The second-order valence-electron chi connectivity index (χ2n) is 10.3. The summed E-state index contributed by atoms with van der Waals surface area (Å²) in [7, 11) is 1.48. The number of hydrogen-bond donors (Lipinski definition) is 2. The Morgan fingerprint density at radius 2 is 1.56 bits per heavy atom. The molecular formula is C29H48FN5O6. The molecule has 1 amide bonds. The number of fused-ring (bicyclic) bond motifs is 1. The number of esters is 1. The lowest BCUT2D eigenvalue weighted by atomic mass is 10.0. The molecule has 41 heavy (non-hydrogen) atoms. The summed E-state index contributed by atoms with van der Waals surface area (Å²) in [6, 6.07) is 0. The maximum Gasteiger partial charge on any atom is 0.413 e. The highest BCUT2D eigenvalue weighted by Crippen LogP contribution is 2.20. The summed E-state index contributed by atoms with van der Waals surface area (Å²) in [6.45, 7) is 2.14. The first-order valence-electron chi connectivity index (χ1n) is 15.1. The van der Waals surface area contributed by atoms with Gasteiger partial charge < -0.3 is 23.9 Å². The average molecular weight is 582 g/mol. The highest BCUT2D eigenvalue weighted by Gasteiger charge is 2.18. The second kappa shape index (κ2) is 20.9. The van der Waals surface area contributed by atoms with Gasteiger partial charge in [-0.15, -0.1) is 0 Å². The lowest BCUT2D eigenvalue weighted by molar-refractivity contribution is -0.147. The quantitative estimate of drug-likeness (QED) is 0.0928. The number of hydrogen-bond acceptors (Lipinski definition) is 9. The summed E-state index contributed by atoms with van der Waals surface area (Å²) in [5, 5.41) is 11.6. The van der Waals surface area contributed by atoms with Gasteiger partial charge in [0.05, 0.1) is 25.6 Å². The van der Waals surface area contributed by atoms with Crippen molar-refractivity contribution in [3.63, 3.8) is 0 Å². The zero-order valence-corrected chi connectivity index (χ0v) is 24.7. The summed E-state index contributed by atoms with van der Waals surface area (Å²) >= 11 is 0. The lowest BCUT2D eigenvalue weighted by Gasteiger charge is -2.12. The van der Waals surface area contributed by atoms with Crippen LogP contribution in [0, 0.1) is 6.08 Å². The number of unbranched alkanes of at least 4 members (excludes halogenated alkanes) is 13. The predicted molar refractivity (Wildman–Crippen MR) is 154 cm³/mol. The highest BCUT2D eigenvalue weighted by molar-refractivity contribution is 5.93. The van der Waals surface area contributed by atoms with Gasteiger partial charge in [0.25, 0.3) is 0 Å². The van der Waals surface area contributed by atoms with Crippen molar-refractivity contribution in [3.05, 3.63) is 12.4 Å². The lowest BCUT2D eigenvalue weighted by Crippen LogP contribution is -2.21. The van der Waals surface area contributed by atoms with Gasteiger partial charge in [0.1, 0.15) is 0 Å². The highest BCUT2D eigenvalue weighted by atomic mass is 19.1. The fraction of sp³-hybridized carbons (Fsp3) is 0.759. The van der Waals surface area contributed by atoms with Crippen molar-refractivity contribution in [3.8, 4) is 0 Å². The molecule has 0 aliphatic heterocycles. The number of aromatic nitrogens is 4. The molecule has 1 unspecified atom stereocenters. The molecule has 0 aromatic carbocycles. The first-order chi connectivity index (χ1) is 20.0. The standard InChI is InChI=1S/C29H48FN5O6/c1-3-4-5-6-7-8-9-10-11-12-13-14-15-16-19-40-24(37)21-41-29(38)33-26-25-27(34-28(30)32-26)35(22-31-25)18-17-23(20-36)39-2/h22-23,36H,3-21H2,1-2H3,(H,32,33,34,38). The predicted octanol–water partition coefficient (Wildman–Crippen LogP) is 5.94. The fourth-order valence-electron chi connectivity index (χ4n) is 4.52. The van der Waals surface area contributed by atoms with E-state index in [2.05, 4.69) is 27.2 Å². The second-order valence-corrected chi connectivity index (χ2v) is 10.3. The number of nitrogens with zero attached hydrogens (tertiary/aromatic N) is 4. The van der Waals surface area contributed by atoms with Crippen LogP contribution in [0.4, 0.5) is 15.0 Å². The molecule has 0 fully saturated rings. The van der Waals surface area contributed by atoms with Crippen molar-refractivity contribution < 1.29 is 33.3 Å². The first-order valence-corrected chi connectivity index (χ1v) is 15.1. The van der Waals surface area contributed by atoms with Crippen LogP contribution in [0.3, 0.4) is 0 Å². The molecule has 2 aromatic heterocycles. The molecule has 0 saturated carbocycles. The minimum absolute atomic E-state index is 0.154. The van der Waals surface area contributed by atoms with E-state index in [-0.39, 0.29) is 36.3 Å². The van der Waals surface area contributed by atoms with Gasteiger partial charge in [-0.05, 0) is 12.8 Å². The van der Waals surface area contributed by atoms with Crippen molar-refractivity contribution >= 4 is 29.0 Å². The number of nitrogens with one attached hydrogen (secondary N) is 1. The number of aryl methyl sites for hydroxylation is 1. The van der Waals surface area contributed by atoms with E-state index in [1.54, 1.807) is 4.57 Å². The summed E-state index contributed by atoms with van der Waals surface area (Å²) in [6.07, 6.45) is 16.8. The van der Waals surface area contributed by atoms with Crippen LogP contribution in [0.5, 0.6) is 0 Å². The van der Waals surface area contributed by atoms with Crippen LogP contribution >= 0.6 is 0 Å². The number of amides is 1. The molecule has 12 heteroatoms. The minimum Gasteiger partial charge on any atom is -0.463 e. The molecule has 2 heterocycles. The van der Waals surface area contributed by atoms with Crippen molar-refractivity contribution in [2.45, 2.75) is 116 Å². The SMILES string of the molecule is CCCCCCCCCCCCCCCCOC(=O)COC(=O)Nc1nc(F)nc2c1ncn2CCC(CO)OC.